The summed E-state index contributed by atoms with van der Waals surface area (Å²) in [5.41, 5.74) is 0. The highest BCUT2D eigenvalue weighted by molar-refractivity contribution is 7.98. The van der Waals surface area contributed by atoms with Gasteiger partial charge in [-0.25, -0.2) is 13.8 Å². The fourth-order valence-corrected chi connectivity index (χ4v) is 1.92. The number of ether oxygens (including phenoxy) is 1. The van der Waals surface area contributed by atoms with E-state index in [1.54, 1.807) is 6.07 Å². The third kappa shape index (κ3) is 4.29. The third-order valence-electron chi connectivity index (χ3n) is 2.53. The van der Waals surface area contributed by atoms with Crippen LogP contribution in [0.1, 0.15) is 13.3 Å². The molecule has 0 aliphatic heterocycles. The lowest BCUT2D eigenvalue weighted by molar-refractivity contribution is 0.442. The summed E-state index contributed by atoms with van der Waals surface area (Å²) < 4.78 is 31.5. The monoisotopic (exact) mass is 311 g/mol. The van der Waals surface area contributed by atoms with Gasteiger partial charge in [0, 0.05) is 18.7 Å². The van der Waals surface area contributed by atoms with Gasteiger partial charge >= 0.3 is 0 Å². The number of halogens is 2. The molecule has 1 aromatic heterocycles. The highest BCUT2D eigenvalue weighted by Crippen LogP contribution is 2.25. The summed E-state index contributed by atoms with van der Waals surface area (Å²) >= 11 is 1.37. The smallest absolute Gasteiger partial charge is 0.225 e. The van der Waals surface area contributed by atoms with Gasteiger partial charge in [0.25, 0.3) is 0 Å². The maximum absolute atomic E-state index is 13.2. The summed E-state index contributed by atoms with van der Waals surface area (Å²) in [5.74, 6) is -0.787. The van der Waals surface area contributed by atoms with Crippen LogP contribution in [0.2, 0.25) is 0 Å². The average Bonchev–Trinajstić information content (AvgIpc) is 2.48. The summed E-state index contributed by atoms with van der Waals surface area (Å²) in [6.45, 7) is 2.82. The Labute approximate surface area is 126 Å². The van der Waals surface area contributed by atoms with E-state index in [4.69, 9.17) is 4.74 Å². The molecule has 0 bridgehead atoms. The van der Waals surface area contributed by atoms with E-state index >= 15 is 0 Å². The number of nitrogens with one attached hydrogen (secondary N) is 1. The second-order valence-corrected chi connectivity index (χ2v) is 4.96. The summed E-state index contributed by atoms with van der Waals surface area (Å²) in [7, 11) is 0. The molecule has 0 unspecified atom stereocenters. The second-order valence-electron chi connectivity index (χ2n) is 4.18. The largest absolute Gasteiger partial charge is 0.439 e. The van der Waals surface area contributed by atoms with Crippen molar-refractivity contribution in [1.82, 2.24) is 9.97 Å². The summed E-state index contributed by atoms with van der Waals surface area (Å²) in [5, 5.41) is 3.67. The first kappa shape index (κ1) is 15.5. The van der Waals surface area contributed by atoms with E-state index in [1.165, 1.54) is 17.8 Å². The van der Waals surface area contributed by atoms with Crippen LogP contribution in [0.5, 0.6) is 11.6 Å². The van der Waals surface area contributed by atoms with Crippen molar-refractivity contribution in [1.29, 1.82) is 0 Å². The van der Waals surface area contributed by atoms with Gasteiger partial charge in [-0.05, 0) is 24.8 Å². The van der Waals surface area contributed by atoms with Crippen molar-refractivity contribution in [3.63, 3.8) is 0 Å². The molecule has 0 aliphatic rings. The number of rotatable bonds is 6. The molecule has 112 valence electrons. The molecule has 0 aliphatic carbocycles. The van der Waals surface area contributed by atoms with E-state index in [0.29, 0.717) is 11.0 Å². The topological polar surface area (TPSA) is 47.0 Å². The Morgan fingerprint density at radius 1 is 1.19 bits per heavy atom. The predicted molar refractivity (Wildman–Crippen MR) is 79.0 cm³/mol. The third-order valence-corrected chi connectivity index (χ3v) is 3.08. The Bertz CT molecular complexity index is 625. The van der Waals surface area contributed by atoms with Crippen LogP contribution in [0.4, 0.5) is 14.6 Å². The van der Waals surface area contributed by atoms with Gasteiger partial charge in [-0.1, -0.05) is 18.7 Å². The molecule has 0 spiro atoms. The highest BCUT2D eigenvalue weighted by Gasteiger charge is 2.08. The van der Waals surface area contributed by atoms with Gasteiger partial charge in [-0.15, -0.1) is 0 Å². The van der Waals surface area contributed by atoms with Gasteiger partial charge in [0.2, 0.25) is 5.88 Å². The standard InChI is InChI=1S/C14H15F2N3OS/c1-3-6-17-12-8-13(19-14(18-12)21-2)20-9-4-5-10(15)11(16)7-9/h4-5,7-8H,3,6H2,1-2H3,(H,17,18,19). The number of nitrogens with zero attached hydrogens (tertiary/aromatic N) is 2. The Hall–Kier alpha value is -1.89. The van der Waals surface area contributed by atoms with Gasteiger partial charge < -0.3 is 10.1 Å². The number of hydrogen-bond acceptors (Lipinski definition) is 5. The fraction of sp³-hybridized carbons (Fsp3) is 0.286. The number of aromatic nitrogens is 2. The van der Waals surface area contributed by atoms with E-state index in [0.717, 1.165) is 25.1 Å². The van der Waals surface area contributed by atoms with Crippen molar-refractivity contribution in [3.05, 3.63) is 35.9 Å². The molecule has 0 radical (unpaired) electrons. The lowest BCUT2D eigenvalue weighted by atomic mass is 10.3. The minimum Gasteiger partial charge on any atom is -0.439 e. The van der Waals surface area contributed by atoms with Crippen LogP contribution >= 0.6 is 11.8 Å². The molecule has 0 atom stereocenters. The Morgan fingerprint density at radius 3 is 2.67 bits per heavy atom. The van der Waals surface area contributed by atoms with Gasteiger partial charge in [-0.3, -0.25) is 0 Å². The van der Waals surface area contributed by atoms with Gasteiger partial charge in [0.1, 0.15) is 11.6 Å². The zero-order valence-electron chi connectivity index (χ0n) is 11.7. The molecule has 0 fully saturated rings. The molecule has 7 heteroatoms. The molecular weight excluding hydrogens is 296 g/mol. The van der Waals surface area contributed by atoms with E-state index < -0.39 is 11.6 Å². The molecular formula is C14H15F2N3OS. The fourth-order valence-electron chi connectivity index (χ4n) is 1.55. The van der Waals surface area contributed by atoms with Gasteiger partial charge in [0.05, 0.1) is 0 Å². The molecule has 0 saturated carbocycles. The predicted octanol–water partition coefficient (Wildman–Crippen LogP) is 4.09. The lowest BCUT2D eigenvalue weighted by Gasteiger charge is -2.09. The summed E-state index contributed by atoms with van der Waals surface area (Å²) in [4.78, 5) is 8.47. The van der Waals surface area contributed by atoms with E-state index in [1.807, 2.05) is 13.2 Å². The van der Waals surface area contributed by atoms with E-state index in [2.05, 4.69) is 15.3 Å². The maximum Gasteiger partial charge on any atom is 0.225 e. The number of hydrogen-bond donors (Lipinski definition) is 1. The summed E-state index contributed by atoms with van der Waals surface area (Å²) in [6.07, 6.45) is 2.80. The van der Waals surface area contributed by atoms with Crippen molar-refractivity contribution in [2.24, 2.45) is 0 Å². The first-order valence-electron chi connectivity index (χ1n) is 6.42. The molecule has 2 rings (SSSR count). The quantitative estimate of drug-likeness (QED) is 0.643. The first-order chi connectivity index (χ1) is 10.1. The van der Waals surface area contributed by atoms with E-state index in [-0.39, 0.29) is 11.6 Å². The second kappa shape index (κ2) is 7.21. The Kier molecular flexibility index (Phi) is 5.32. The van der Waals surface area contributed by atoms with Crippen LogP contribution < -0.4 is 10.1 Å². The number of thioether (sulfide) groups is 1. The zero-order valence-corrected chi connectivity index (χ0v) is 12.5. The van der Waals surface area contributed by atoms with Crippen LogP contribution in [-0.2, 0) is 0 Å². The number of benzene rings is 1. The number of anilines is 1. The maximum atomic E-state index is 13.2. The lowest BCUT2D eigenvalue weighted by Crippen LogP contribution is -2.04. The molecule has 1 N–H and O–H groups in total. The van der Waals surface area contributed by atoms with Gasteiger partial charge in [-0.2, -0.15) is 4.98 Å². The van der Waals surface area contributed by atoms with Gasteiger partial charge in [0.15, 0.2) is 16.8 Å². The van der Waals surface area contributed by atoms with Crippen molar-refractivity contribution < 1.29 is 13.5 Å². The Balaban J connectivity index is 2.23. The zero-order chi connectivity index (χ0) is 15.2. The molecule has 21 heavy (non-hydrogen) atoms. The van der Waals surface area contributed by atoms with Crippen molar-refractivity contribution in [2.75, 3.05) is 18.1 Å². The van der Waals surface area contributed by atoms with Crippen LogP contribution in [-0.4, -0.2) is 22.8 Å². The molecule has 0 amide bonds. The van der Waals surface area contributed by atoms with Crippen molar-refractivity contribution in [2.45, 2.75) is 18.5 Å². The molecule has 4 nitrogen and oxygen atoms in total. The molecule has 1 heterocycles. The Morgan fingerprint density at radius 2 is 2.00 bits per heavy atom. The average molecular weight is 311 g/mol. The van der Waals surface area contributed by atoms with Crippen molar-refractivity contribution >= 4 is 17.6 Å². The first-order valence-corrected chi connectivity index (χ1v) is 7.64. The van der Waals surface area contributed by atoms with Crippen LogP contribution in [0.15, 0.2) is 29.4 Å². The van der Waals surface area contributed by atoms with Crippen LogP contribution in [0, 0.1) is 11.6 Å². The molecule has 2 aromatic rings. The minimum atomic E-state index is -0.962. The minimum absolute atomic E-state index is 0.182. The highest BCUT2D eigenvalue weighted by atomic mass is 32.2. The van der Waals surface area contributed by atoms with Crippen LogP contribution in [0.3, 0.4) is 0 Å². The molecule has 1 aromatic carbocycles. The molecule has 0 saturated heterocycles. The van der Waals surface area contributed by atoms with E-state index in [9.17, 15) is 8.78 Å². The van der Waals surface area contributed by atoms with Crippen molar-refractivity contribution in [3.8, 4) is 11.6 Å². The normalized spacial score (nSPS) is 10.5. The van der Waals surface area contributed by atoms with Crippen LogP contribution in [0.25, 0.3) is 0 Å². The SMILES string of the molecule is CCCNc1cc(Oc2ccc(F)c(F)c2)nc(SC)n1. The summed E-state index contributed by atoms with van der Waals surface area (Å²) in [6, 6.07) is 4.96.